The number of hydrogen-bond acceptors (Lipinski definition) is 1. The predicted molar refractivity (Wildman–Crippen MR) is 40.0 cm³/mol. The first-order valence-electron chi connectivity index (χ1n) is 4.64. The van der Waals surface area contributed by atoms with Crippen molar-refractivity contribution in [3.63, 3.8) is 0 Å². The lowest BCUT2D eigenvalue weighted by Gasteiger charge is -2.05. The lowest BCUT2D eigenvalue weighted by Crippen LogP contribution is -2.11. The smallest absolute Gasteiger partial charge is 0.366 e. The SMILES string of the molecule is [2H]c1cc(C(F)(F)F)c([2H])c([2H])c1C(N)=O. The zero-order valence-electron chi connectivity index (χ0n) is 9.20. The fourth-order valence-corrected chi connectivity index (χ4v) is 0.632. The largest absolute Gasteiger partial charge is 0.416 e. The van der Waals surface area contributed by atoms with Gasteiger partial charge in [0.15, 0.2) is 0 Å². The van der Waals surface area contributed by atoms with E-state index in [1.807, 2.05) is 0 Å². The van der Waals surface area contributed by atoms with Crippen molar-refractivity contribution in [2.75, 3.05) is 0 Å². The van der Waals surface area contributed by atoms with Gasteiger partial charge in [0.25, 0.3) is 0 Å². The van der Waals surface area contributed by atoms with E-state index in [1.54, 1.807) is 0 Å². The molecule has 0 aliphatic rings. The van der Waals surface area contributed by atoms with Crippen LogP contribution < -0.4 is 5.73 Å². The molecule has 0 spiro atoms. The Bertz CT molecular complexity index is 459. The summed E-state index contributed by atoms with van der Waals surface area (Å²) in [6.07, 6.45) is -4.83. The third-order valence-electron chi connectivity index (χ3n) is 1.23. The summed E-state index contributed by atoms with van der Waals surface area (Å²) >= 11 is 0. The lowest BCUT2D eigenvalue weighted by molar-refractivity contribution is -0.137. The van der Waals surface area contributed by atoms with Crippen LogP contribution in [0.3, 0.4) is 0 Å². The van der Waals surface area contributed by atoms with Crippen LogP contribution in [0, 0.1) is 0 Å². The molecular weight excluding hydrogens is 183 g/mol. The van der Waals surface area contributed by atoms with Crippen molar-refractivity contribution in [1.29, 1.82) is 0 Å². The molecule has 1 aromatic carbocycles. The second-order valence-corrected chi connectivity index (χ2v) is 2.19. The van der Waals surface area contributed by atoms with Gasteiger partial charge in [0.1, 0.15) is 0 Å². The average Bonchev–Trinajstić information content (AvgIpc) is 2.09. The van der Waals surface area contributed by atoms with E-state index >= 15 is 0 Å². The molecule has 0 radical (unpaired) electrons. The topological polar surface area (TPSA) is 43.1 Å². The quantitative estimate of drug-likeness (QED) is 0.724. The van der Waals surface area contributed by atoms with E-state index in [2.05, 4.69) is 0 Å². The first kappa shape index (κ1) is 6.01. The number of benzene rings is 1. The van der Waals surface area contributed by atoms with Gasteiger partial charge in [-0.15, -0.1) is 0 Å². The first-order chi connectivity index (χ1) is 7.16. The van der Waals surface area contributed by atoms with E-state index in [1.165, 1.54) is 0 Å². The van der Waals surface area contributed by atoms with Crippen molar-refractivity contribution in [2.24, 2.45) is 5.73 Å². The first-order valence-corrected chi connectivity index (χ1v) is 3.14. The number of rotatable bonds is 1. The highest BCUT2D eigenvalue weighted by molar-refractivity contribution is 5.92. The summed E-state index contributed by atoms with van der Waals surface area (Å²) in [5.74, 6) is -1.20. The van der Waals surface area contributed by atoms with Crippen molar-refractivity contribution in [1.82, 2.24) is 0 Å². The van der Waals surface area contributed by atoms with Gasteiger partial charge in [-0.1, -0.05) is 0 Å². The minimum Gasteiger partial charge on any atom is -0.366 e. The average molecular weight is 192 g/mol. The van der Waals surface area contributed by atoms with Crippen LogP contribution in [0.25, 0.3) is 0 Å². The number of halogens is 3. The van der Waals surface area contributed by atoms with Crippen LogP contribution in [0.4, 0.5) is 13.2 Å². The molecule has 5 heteroatoms. The number of carbonyl (C=O) groups is 1. The van der Waals surface area contributed by atoms with Gasteiger partial charge in [-0.25, -0.2) is 0 Å². The van der Waals surface area contributed by atoms with Crippen LogP contribution >= 0.6 is 0 Å². The molecule has 13 heavy (non-hydrogen) atoms. The summed E-state index contributed by atoms with van der Waals surface area (Å²) in [5.41, 5.74) is 2.69. The van der Waals surface area contributed by atoms with Gasteiger partial charge in [0.05, 0.1) is 9.68 Å². The number of nitrogens with two attached hydrogens (primary N) is 1. The van der Waals surface area contributed by atoms with Gasteiger partial charge in [0.2, 0.25) is 5.91 Å². The van der Waals surface area contributed by atoms with Crippen molar-refractivity contribution in [3.05, 3.63) is 35.3 Å². The van der Waals surface area contributed by atoms with Crippen LogP contribution in [0.2, 0.25) is 0 Å². The molecule has 1 amide bonds. The molecule has 2 N–H and O–H groups in total. The van der Waals surface area contributed by atoms with Crippen molar-refractivity contribution >= 4 is 5.91 Å². The Kier molecular flexibility index (Phi) is 1.43. The van der Waals surface area contributed by atoms with Crippen molar-refractivity contribution in [2.45, 2.75) is 6.18 Å². The highest BCUT2D eigenvalue weighted by atomic mass is 19.4. The lowest BCUT2D eigenvalue weighted by atomic mass is 10.1. The van der Waals surface area contributed by atoms with E-state index in [0.29, 0.717) is 6.07 Å². The molecule has 0 bridgehead atoms. The van der Waals surface area contributed by atoms with Crippen LogP contribution in [0.5, 0.6) is 0 Å². The van der Waals surface area contributed by atoms with E-state index in [-0.39, 0.29) is 0 Å². The van der Waals surface area contributed by atoms with Crippen molar-refractivity contribution < 1.29 is 22.1 Å². The van der Waals surface area contributed by atoms with Gasteiger partial charge in [-0.3, -0.25) is 4.79 Å². The number of hydrogen-bond donors (Lipinski definition) is 1. The van der Waals surface area contributed by atoms with Crippen LogP contribution in [-0.2, 0) is 6.18 Å². The highest BCUT2D eigenvalue weighted by Crippen LogP contribution is 2.28. The second-order valence-electron chi connectivity index (χ2n) is 2.19. The van der Waals surface area contributed by atoms with E-state index < -0.39 is 41.3 Å². The van der Waals surface area contributed by atoms with E-state index in [4.69, 9.17) is 9.85 Å². The summed E-state index contributed by atoms with van der Waals surface area (Å²) in [5, 5.41) is 0. The normalized spacial score (nSPS) is 14.5. The third kappa shape index (κ3) is 2.21. The predicted octanol–water partition coefficient (Wildman–Crippen LogP) is 1.80. The van der Waals surface area contributed by atoms with Crippen LogP contribution in [0.15, 0.2) is 24.2 Å². The Morgan fingerprint density at radius 2 is 2.00 bits per heavy atom. The Balaban J connectivity index is 3.58. The molecule has 0 heterocycles. The van der Waals surface area contributed by atoms with Crippen LogP contribution in [0.1, 0.15) is 20.0 Å². The standard InChI is InChI=1S/C8H6F3NO/c9-8(10,11)6-3-1-5(2-4-6)7(12)13/h1-4H,(H2,12,13)/i1D,2D,3D. The van der Waals surface area contributed by atoms with Crippen molar-refractivity contribution in [3.8, 4) is 0 Å². The Morgan fingerprint density at radius 3 is 2.46 bits per heavy atom. The monoisotopic (exact) mass is 192 g/mol. The minimum absolute atomic E-state index is 0.320. The van der Waals surface area contributed by atoms with E-state index in [0.717, 1.165) is 0 Å². The summed E-state index contributed by atoms with van der Waals surface area (Å²) < 4.78 is 58.4. The Labute approximate surface area is 76.4 Å². The third-order valence-corrected chi connectivity index (χ3v) is 1.23. The zero-order chi connectivity index (χ0) is 12.7. The molecule has 0 atom stereocenters. The maximum atomic E-state index is 12.3. The molecule has 70 valence electrons. The molecule has 2 nitrogen and oxygen atoms in total. The van der Waals surface area contributed by atoms with Gasteiger partial charge in [0, 0.05) is 5.56 Å². The van der Waals surface area contributed by atoms with Crippen LogP contribution in [-0.4, -0.2) is 5.91 Å². The fraction of sp³-hybridized carbons (Fsp3) is 0.125. The maximum Gasteiger partial charge on any atom is 0.416 e. The molecule has 0 aliphatic heterocycles. The molecule has 0 saturated carbocycles. The Hall–Kier alpha value is -1.52. The summed E-state index contributed by atoms with van der Waals surface area (Å²) in [6.45, 7) is 0. The summed E-state index contributed by atoms with van der Waals surface area (Å²) in [6, 6.07) is -2.62. The molecule has 0 aliphatic carbocycles. The molecule has 1 aromatic rings. The molecular formula is C8H6F3NO. The molecule has 1 rings (SSSR count). The van der Waals surface area contributed by atoms with E-state index in [9.17, 15) is 18.0 Å². The van der Waals surface area contributed by atoms with Gasteiger partial charge >= 0.3 is 6.18 Å². The number of carbonyl (C=O) groups excluding carboxylic acids is 1. The molecule has 0 aromatic heterocycles. The second kappa shape index (κ2) is 3.08. The maximum absolute atomic E-state index is 12.3. The zero-order valence-corrected chi connectivity index (χ0v) is 6.20. The molecule has 0 unspecified atom stereocenters. The minimum atomic E-state index is -4.83. The number of amides is 1. The molecule has 0 saturated heterocycles. The highest BCUT2D eigenvalue weighted by Gasteiger charge is 2.30. The number of primary amides is 1. The Morgan fingerprint density at radius 1 is 1.38 bits per heavy atom. The molecule has 0 fully saturated rings. The van der Waals surface area contributed by atoms with Gasteiger partial charge in [-0.2, -0.15) is 13.2 Å². The van der Waals surface area contributed by atoms with Gasteiger partial charge < -0.3 is 5.73 Å². The number of alkyl halides is 3. The summed E-state index contributed by atoms with van der Waals surface area (Å²) in [4.78, 5) is 10.8. The summed E-state index contributed by atoms with van der Waals surface area (Å²) in [7, 11) is 0. The fourth-order valence-electron chi connectivity index (χ4n) is 0.632. The van der Waals surface area contributed by atoms with Gasteiger partial charge in [-0.05, 0) is 24.2 Å².